The van der Waals surface area contributed by atoms with Gasteiger partial charge in [0.25, 0.3) is 0 Å². The van der Waals surface area contributed by atoms with Crippen molar-refractivity contribution in [3.05, 3.63) is 71.8 Å². The summed E-state index contributed by atoms with van der Waals surface area (Å²) in [4.78, 5) is 38.0. The van der Waals surface area contributed by atoms with Crippen LogP contribution in [0.1, 0.15) is 36.3 Å². The summed E-state index contributed by atoms with van der Waals surface area (Å²) in [6.45, 7) is 0.244. The molecule has 1 saturated carbocycles. The van der Waals surface area contributed by atoms with Crippen LogP contribution in [-0.4, -0.2) is 53.7 Å². The van der Waals surface area contributed by atoms with Gasteiger partial charge in [0.05, 0.1) is 17.9 Å². The van der Waals surface area contributed by atoms with Crippen LogP contribution in [0.3, 0.4) is 0 Å². The third-order valence-corrected chi connectivity index (χ3v) is 7.41. The lowest BCUT2D eigenvalue weighted by atomic mass is 9.79. The molecule has 2 unspecified atom stereocenters. The molecule has 5 rings (SSSR count). The Morgan fingerprint density at radius 2 is 1.59 bits per heavy atom. The molecule has 0 saturated heterocycles. The van der Waals surface area contributed by atoms with Crippen LogP contribution in [0.25, 0.3) is 11.1 Å². The number of carboxylic acid groups (broad SMARTS) is 1. The maximum absolute atomic E-state index is 12.8. The summed E-state index contributed by atoms with van der Waals surface area (Å²) >= 11 is 0. The first-order chi connectivity index (χ1) is 16.4. The summed E-state index contributed by atoms with van der Waals surface area (Å²) in [5, 5.41) is 11.9. The number of nitrogens with one attached hydrogen (secondary N) is 1. The Kier molecular flexibility index (Phi) is 5.86. The minimum atomic E-state index is -0.801. The topological polar surface area (TPSA) is 95.9 Å². The van der Waals surface area contributed by atoms with Crippen molar-refractivity contribution in [2.75, 3.05) is 13.7 Å². The number of ether oxygens (including phenoxy) is 1. The number of amides is 2. The molecule has 7 heteroatoms. The lowest BCUT2D eigenvalue weighted by Gasteiger charge is -2.40. The summed E-state index contributed by atoms with van der Waals surface area (Å²) in [6.07, 6.45) is 4.62. The summed E-state index contributed by atoms with van der Waals surface area (Å²) in [5.41, 5.74) is 4.68. The zero-order valence-corrected chi connectivity index (χ0v) is 19.0. The van der Waals surface area contributed by atoms with Crippen LogP contribution in [0.2, 0.25) is 0 Å². The number of benzene rings is 2. The summed E-state index contributed by atoms with van der Waals surface area (Å²) in [7, 11) is 1.73. The van der Waals surface area contributed by atoms with Crippen LogP contribution >= 0.6 is 0 Å². The molecule has 0 heterocycles. The van der Waals surface area contributed by atoms with E-state index in [1.54, 1.807) is 11.9 Å². The van der Waals surface area contributed by atoms with Crippen molar-refractivity contribution in [2.45, 2.75) is 37.3 Å². The van der Waals surface area contributed by atoms with Crippen molar-refractivity contribution >= 4 is 18.0 Å². The highest BCUT2D eigenvalue weighted by Crippen LogP contribution is 2.44. The predicted octanol–water partition coefficient (Wildman–Crippen LogP) is 3.79. The van der Waals surface area contributed by atoms with Crippen LogP contribution < -0.4 is 5.32 Å². The highest BCUT2D eigenvalue weighted by Gasteiger charge is 2.40. The third kappa shape index (κ3) is 4.06. The van der Waals surface area contributed by atoms with E-state index in [-0.39, 0.29) is 42.4 Å². The molecule has 2 N–H and O–H groups in total. The van der Waals surface area contributed by atoms with Crippen LogP contribution in [-0.2, 0) is 14.3 Å². The van der Waals surface area contributed by atoms with Gasteiger partial charge in [-0.1, -0.05) is 60.7 Å². The van der Waals surface area contributed by atoms with Crippen LogP contribution in [0.4, 0.5) is 4.79 Å². The Bertz CT molecular complexity index is 1110. The molecule has 2 atom stereocenters. The van der Waals surface area contributed by atoms with Crippen molar-refractivity contribution in [2.24, 2.45) is 11.8 Å². The molecule has 0 radical (unpaired) electrons. The maximum Gasteiger partial charge on any atom is 0.407 e. The van der Waals surface area contributed by atoms with Crippen LogP contribution in [0.5, 0.6) is 0 Å². The number of hydrogen-bond acceptors (Lipinski definition) is 4. The van der Waals surface area contributed by atoms with E-state index in [1.165, 1.54) is 11.1 Å². The molecule has 0 aromatic heterocycles. The average molecular weight is 461 g/mol. The molecule has 0 spiro atoms. The van der Waals surface area contributed by atoms with E-state index >= 15 is 0 Å². The molecule has 0 aliphatic heterocycles. The fourth-order valence-corrected chi connectivity index (χ4v) is 5.33. The first-order valence-electron chi connectivity index (χ1n) is 11.7. The van der Waals surface area contributed by atoms with Crippen molar-refractivity contribution in [1.82, 2.24) is 10.2 Å². The number of carbonyl (C=O) groups is 3. The predicted molar refractivity (Wildman–Crippen MR) is 126 cm³/mol. The lowest BCUT2D eigenvalue weighted by molar-refractivity contribution is -0.150. The summed E-state index contributed by atoms with van der Waals surface area (Å²) < 4.78 is 5.61. The maximum atomic E-state index is 12.8. The molecule has 3 aliphatic carbocycles. The number of fused-ring (bicyclic) bond motifs is 3. The zero-order valence-electron chi connectivity index (χ0n) is 19.0. The number of carboxylic acids is 1. The van der Waals surface area contributed by atoms with Gasteiger partial charge in [0.15, 0.2) is 0 Å². The molecule has 176 valence electrons. The van der Waals surface area contributed by atoms with Crippen molar-refractivity contribution < 1.29 is 24.2 Å². The van der Waals surface area contributed by atoms with Gasteiger partial charge in [-0.2, -0.15) is 0 Å². The largest absolute Gasteiger partial charge is 0.481 e. The van der Waals surface area contributed by atoms with Gasteiger partial charge in [-0.15, -0.1) is 0 Å². The van der Waals surface area contributed by atoms with Crippen molar-refractivity contribution in [3.63, 3.8) is 0 Å². The van der Waals surface area contributed by atoms with Crippen LogP contribution in [0, 0.1) is 11.8 Å². The fraction of sp³-hybridized carbons (Fsp3) is 0.370. The Labute approximate surface area is 198 Å². The van der Waals surface area contributed by atoms with Gasteiger partial charge >= 0.3 is 12.1 Å². The molecular formula is C27H28N2O5. The molecule has 7 nitrogen and oxygen atoms in total. The third-order valence-electron chi connectivity index (χ3n) is 7.41. The molecule has 0 bridgehead atoms. The van der Waals surface area contributed by atoms with Gasteiger partial charge in [-0.3, -0.25) is 9.59 Å². The standard InChI is InChI=1S/C27H28N2O5/c1-29(19-13-17(14-19)26(31)32)25(30)16-10-11-18(12-16)28-27(33)34-15-24-22-8-4-2-6-20(22)21-7-3-5-9-23(21)24/h2-11,16-19,24H,12-15H2,1H3,(H,28,33)(H,31,32). The number of rotatable bonds is 6. The van der Waals surface area contributed by atoms with E-state index in [1.807, 2.05) is 36.4 Å². The molecule has 1 fully saturated rings. The van der Waals surface area contributed by atoms with Gasteiger partial charge in [0, 0.05) is 19.0 Å². The number of carbonyl (C=O) groups excluding carboxylic acids is 2. The normalized spacial score (nSPS) is 24.6. The smallest absolute Gasteiger partial charge is 0.407 e. The molecule has 2 aromatic carbocycles. The average Bonchev–Trinajstić information content (AvgIpc) is 3.38. The first-order valence-corrected chi connectivity index (χ1v) is 11.7. The number of hydrogen-bond donors (Lipinski definition) is 2. The van der Waals surface area contributed by atoms with Gasteiger partial charge in [0.1, 0.15) is 6.61 Å². The van der Waals surface area contributed by atoms with Crippen molar-refractivity contribution in [3.8, 4) is 11.1 Å². The first kappa shape index (κ1) is 22.2. The van der Waals surface area contributed by atoms with Crippen molar-refractivity contribution in [1.29, 1.82) is 0 Å². The lowest BCUT2D eigenvalue weighted by Crippen LogP contribution is -2.49. The number of aliphatic carboxylic acids is 1. The molecule has 2 aromatic rings. The van der Waals surface area contributed by atoms with E-state index in [0.29, 0.717) is 19.3 Å². The molecule has 2 amide bonds. The van der Waals surface area contributed by atoms with E-state index in [0.717, 1.165) is 11.1 Å². The van der Waals surface area contributed by atoms with Gasteiger partial charge in [0.2, 0.25) is 5.91 Å². The van der Waals surface area contributed by atoms with Gasteiger partial charge in [-0.25, -0.2) is 4.79 Å². The summed E-state index contributed by atoms with van der Waals surface area (Å²) in [5.74, 6) is -1.53. The van der Waals surface area contributed by atoms with E-state index in [2.05, 4.69) is 29.6 Å². The highest BCUT2D eigenvalue weighted by molar-refractivity contribution is 5.82. The molecular weight excluding hydrogens is 432 g/mol. The quantitative estimate of drug-likeness (QED) is 0.640. The Morgan fingerprint density at radius 3 is 2.21 bits per heavy atom. The van der Waals surface area contributed by atoms with E-state index < -0.39 is 12.1 Å². The molecule has 3 aliphatic rings. The second-order valence-electron chi connectivity index (χ2n) is 9.41. The van der Waals surface area contributed by atoms with E-state index in [4.69, 9.17) is 9.84 Å². The van der Waals surface area contributed by atoms with Crippen LogP contribution in [0.15, 0.2) is 60.7 Å². The van der Waals surface area contributed by atoms with Gasteiger partial charge < -0.3 is 20.1 Å². The SMILES string of the molecule is CN(C(=O)C1C=CC(NC(=O)OCC2c3ccccc3-c3ccccc32)C1)C1CC(C(=O)O)C1. The second-order valence-corrected chi connectivity index (χ2v) is 9.41. The van der Waals surface area contributed by atoms with Gasteiger partial charge in [-0.05, 0) is 41.5 Å². The monoisotopic (exact) mass is 460 g/mol. The minimum Gasteiger partial charge on any atom is -0.481 e. The summed E-state index contributed by atoms with van der Waals surface area (Å²) in [6, 6.07) is 16.1. The second kappa shape index (κ2) is 8.97. The molecule has 34 heavy (non-hydrogen) atoms. The number of alkyl carbamates (subject to hydrolysis) is 1. The fourth-order valence-electron chi connectivity index (χ4n) is 5.33. The Hall–Kier alpha value is -3.61. The van der Waals surface area contributed by atoms with E-state index in [9.17, 15) is 14.4 Å². The Balaban J connectivity index is 1.12. The minimum absolute atomic E-state index is 0.00245. The highest BCUT2D eigenvalue weighted by atomic mass is 16.5. The zero-order chi connectivity index (χ0) is 23.8. The Morgan fingerprint density at radius 1 is 0.971 bits per heavy atom. The number of nitrogens with zero attached hydrogens (tertiary/aromatic N) is 1.